The third-order valence-electron chi connectivity index (χ3n) is 1.03. The quantitative estimate of drug-likeness (QED) is 0.518. The smallest absolute Gasteiger partial charge is 0.0738 e. The van der Waals surface area contributed by atoms with Crippen LogP contribution in [0.2, 0.25) is 0 Å². The number of rotatable bonds is 1. The minimum Gasteiger partial charge on any atom is -0.278 e. The normalized spacial score (nSPS) is 28.2. The van der Waals surface area contributed by atoms with Crippen LogP contribution in [0.25, 0.3) is 0 Å². The fourth-order valence-corrected chi connectivity index (χ4v) is 1.78. The Morgan fingerprint density at radius 2 is 2.75 bits per heavy atom. The lowest BCUT2D eigenvalue weighted by Crippen LogP contribution is -2.03. The van der Waals surface area contributed by atoms with Gasteiger partial charge < -0.3 is 0 Å². The highest BCUT2D eigenvalue weighted by Crippen LogP contribution is 2.17. The summed E-state index contributed by atoms with van der Waals surface area (Å²) >= 11 is 7.35. The summed E-state index contributed by atoms with van der Waals surface area (Å²) in [6.45, 7) is 2.03. The summed E-state index contributed by atoms with van der Waals surface area (Å²) in [4.78, 5) is 4.25. The first-order valence-electron chi connectivity index (χ1n) is 2.56. The van der Waals surface area contributed by atoms with E-state index < -0.39 is 0 Å². The maximum atomic E-state index is 5.55. The van der Waals surface area contributed by atoms with Crippen LogP contribution in [0.1, 0.15) is 6.92 Å². The number of aliphatic imine (C=N–C) groups is 1. The van der Waals surface area contributed by atoms with E-state index in [4.69, 9.17) is 11.6 Å². The van der Waals surface area contributed by atoms with Gasteiger partial charge in [-0.1, -0.05) is 0 Å². The molecule has 1 atom stereocenters. The van der Waals surface area contributed by atoms with Crippen molar-refractivity contribution in [3.63, 3.8) is 0 Å². The molecule has 1 nitrogen and oxygen atoms in total. The molecule has 3 heteroatoms. The van der Waals surface area contributed by atoms with Crippen LogP contribution in [-0.4, -0.2) is 22.7 Å². The number of alkyl halides is 1. The first-order chi connectivity index (χ1) is 3.83. The zero-order chi connectivity index (χ0) is 5.98. The van der Waals surface area contributed by atoms with Crippen LogP contribution in [-0.2, 0) is 0 Å². The zero-order valence-corrected chi connectivity index (χ0v) is 6.30. The molecule has 46 valence electrons. The highest BCUT2D eigenvalue weighted by atomic mass is 35.5. The van der Waals surface area contributed by atoms with E-state index in [2.05, 4.69) is 4.99 Å². The largest absolute Gasteiger partial charge is 0.278 e. The highest BCUT2D eigenvalue weighted by molar-refractivity contribution is 8.14. The van der Waals surface area contributed by atoms with Gasteiger partial charge in [0.25, 0.3) is 0 Å². The van der Waals surface area contributed by atoms with Gasteiger partial charge in [-0.2, -0.15) is 0 Å². The van der Waals surface area contributed by atoms with Crippen molar-refractivity contribution in [1.82, 2.24) is 0 Å². The van der Waals surface area contributed by atoms with E-state index in [0.29, 0.717) is 11.9 Å². The van der Waals surface area contributed by atoms with Crippen molar-refractivity contribution in [2.75, 3.05) is 11.6 Å². The predicted molar refractivity (Wildman–Crippen MR) is 40.1 cm³/mol. The Labute approximate surface area is 58.5 Å². The number of halogens is 1. The lowest BCUT2D eigenvalue weighted by Gasteiger charge is -1.94. The average Bonchev–Trinajstić information content (AvgIpc) is 2.14. The van der Waals surface area contributed by atoms with Crippen molar-refractivity contribution in [3.05, 3.63) is 0 Å². The molecule has 0 aliphatic carbocycles. The van der Waals surface area contributed by atoms with Gasteiger partial charge >= 0.3 is 0 Å². The van der Waals surface area contributed by atoms with Gasteiger partial charge in [-0.25, -0.2) is 0 Å². The van der Waals surface area contributed by atoms with Gasteiger partial charge in [0.1, 0.15) is 0 Å². The first kappa shape index (κ1) is 6.43. The van der Waals surface area contributed by atoms with Crippen molar-refractivity contribution < 1.29 is 0 Å². The molecule has 0 amide bonds. The monoisotopic (exact) mass is 149 g/mol. The van der Waals surface area contributed by atoms with Crippen molar-refractivity contribution in [1.29, 1.82) is 0 Å². The molecule has 1 aliphatic rings. The molecular weight excluding hydrogens is 142 g/mol. The maximum absolute atomic E-state index is 5.55. The minimum atomic E-state index is 0.390. The molecule has 0 N–H and O–H groups in total. The van der Waals surface area contributed by atoms with Crippen LogP contribution >= 0.6 is 23.4 Å². The third-order valence-corrected chi connectivity index (χ3v) is 2.46. The Kier molecular flexibility index (Phi) is 2.20. The van der Waals surface area contributed by atoms with Crippen molar-refractivity contribution in [2.45, 2.75) is 13.0 Å². The number of hydrogen-bond donors (Lipinski definition) is 0. The second kappa shape index (κ2) is 2.74. The summed E-state index contributed by atoms with van der Waals surface area (Å²) in [7, 11) is 0. The third kappa shape index (κ3) is 1.39. The summed E-state index contributed by atoms with van der Waals surface area (Å²) in [5.74, 6) is 1.75. The fourth-order valence-electron chi connectivity index (χ4n) is 0.627. The van der Waals surface area contributed by atoms with Crippen LogP contribution < -0.4 is 0 Å². The van der Waals surface area contributed by atoms with E-state index in [9.17, 15) is 0 Å². The molecule has 0 aromatic heterocycles. The Morgan fingerprint density at radius 3 is 3.00 bits per heavy atom. The van der Waals surface area contributed by atoms with Crippen LogP contribution in [0.5, 0.6) is 0 Å². The lowest BCUT2D eigenvalue weighted by atomic mass is 10.4. The Morgan fingerprint density at radius 1 is 2.00 bits per heavy atom. The average molecular weight is 150 g/mol. The van der Waals surface area contributed by atoms with Gasteiger partial charge in [0.2, 0.25) is 0 Å². The fraction of sp³-hybridized carbons (Fsp3) is 0.800. The number of nitrogens with zero attached hydrogens (tertiary/aromatic N) is 1. The predicted octanol–water partition coefficient (Wildman–Crippen LogP) is 1.76. The molecule has 0 saturated carbocycles. The second-order valence-electron chi connectivity index (χ2n) is 1.77. The molecular formula is C5H8ClNS. The highest BCUT2D eigenvalue weighted by Gasteiger charge is 2.12. The lowest BCUT2D eigenvalue weighted by molar-refractivity contribution is 0.873. The number of hydrogen-bond acceptors (Lipinski definition) is 2. The molecule has 1 aliphatic heterocycles. The van der Waals surface area contributed by atoms with Gasteiger partial charge in [-0.15, -0.1) is 23.4 Å². The van der Waals surface area contributed by atoms with E-state index >= 15 is 0 Å². The molecule has 0 radical (unpaired) electrons. The van der Waals surface area contributed by atoms with Crippen molar-refractivity contribution in [3.8, 4) is 0 Å². The van der Waals surface area contributed by atoms with Crippen LogP contribution in [0.3, 0.4) is 0 Å². The number of thioether (sulfide) groups is 1. The summed E-state index contributed by atoms with van der Waals surface area (Å²) in [6.07, 6.45) is 0. The van der Waals surface area contributed by atoms with E-state index in [0.717, 1.165) is 5.75 Å². The SMILES string of the molecule is CC1=NC(CCl)CS1. The topological polar surface area (TPSA) is 12.4 Å². The first-order valence-corrected chi connectivity index (χ1v) is 4.08. The van der Waals surface area contributed by atoms with Crippen LogP contribution in [0.15, 0.2) is 4.99 Å². The summed E-state index contributed by atoms with van der Waals surface area (Å²) in [6, 6.07) is 0.390. The van der Waals surface area contributed by atoms with Gasteiger partial charge in [0.15, 0.2) is 0 Å². The molecule has 0 aromatic carbocycles. The molecule has 0 bridgehead atoms. The molecule has 1 rings (SSSR count). The molecule has 0 saturated heterocycles. The van der Waals surface area contributed by atoms with E-state index in [1.807, 2.05) is 6.92 Å². The van der Waals surface area contributed by atoms with Gasteiger partial charge in [0, 0.05) is 11.6 Å². The van der Waals surface area contributed by atoms with Crippen molar-refractivity contribution in [2.24, 2.45) is 4.99 Å². The Balaban J connectivity index is 2.41. The zero-order valence-electron chi connectivity index (χ0n) is 4.72. The molecule has 0 fully saturated rings. The molecule has 1 unspecified atom stereocenters. The van der Waals surface area contributed by atoms with Crippen LogP contribution in [0, 0.1) is 0 Å². The summed E-state index contributed by atoms with van der Waals surface area (Å²) < 4.78 is 0. The second-order valence-corrected chi connectivity index (χ2v) is 3.29. The van der Waals surface area contributed by atoms with E-state index in [-0.39, 0.29) is 0 Å². The van der Waals surface area contributed by atoms with Crippen molar-refractivity contribution >= 4 is 28.4 Å². The van der Waals surface area contributed by atoms with E-state index in [1.54, 1.807) is 11.8 Å². The Hall–Kier alpha value is 0.310. The minimum absolute atomic E-state index is 0.390. The maximum Gasteiger partial charge on any atom is 0.0738 e. The van der Waals surface area contributed by atoms with Gasteiger partial charge in [-0.3, -0.25) is 4.99 Å². The molecule has 0 aromatic rings. The summed E-state index contributed by atoms with van der Waals surface area (Å²) in [5.41, 5.74) is 0. The van der Waals surface area contributed by atoms with Gasteiger partial charge in [-0.05, 0) is 6.92 Å². The van der Waals surface area contributed by atoms with Crippen LogP contribution in [0.4, 0.5) is 0 Å². The Bertz CT molecular complexity index is 113. The molecule has 8 heavy (non-hydrogen) atoms. The standard InChI is InChI=1S/C5H8ClNS/c1-4-7-5(2-6)3-8-4/h5H,2-3H2,1H3. The molecule has 1 heterocycles. The van der Waals surface area contributed by atoms with Gasteiger partial charge in [0.05, 0.1) is 11.1 Å². The summed E-state index contributed by atoms with van der Waals surface area (Å²) in [5, 5.41) is 1.18. The van der Waals surface area contributed by atoms with E-state index in [1.165, 1.54) is 5.04 Å². The molecule has 0 spiro atoms.